The van der Waals surface area contributed by atoms with Gasteiger partial charge < -0.3 is 45.7 Å². The Labute approximate surface area is 334 Å². The second-order valence-electron chi connectivity index (χ2n) is 17.8. The Kier molecular flexibility index (Phi) is 8.97. The van der Waals surface area contributed by atoms with Crippen molar-refractivity contribution in [2.75, 3.05) is 65.6 Å². The minimum atomic E-state index is -2.26. The number of hydrogen-bond donors (Lipinski definition) is 6. The zero-order valence-electron chi connectivity index (χ0n) is 33.8. The summed E-state index contributed by atoms with van der Waals surface area (Å²) in [5.74, 6) is -0.756. The first-order valence-corrected chi connectivity index (χ1v) is 20.7. The first-order chi connectivity index (χ1) is 27.3. The number of amides is 1. The van der Waals surface area contributed by atoms with Gasteiger partial charge in [-0.05, 0) is 74.2 Å². The number of carbonyl (C=O) groups excluding carboxylic acids is 2. The third-order valence-corrected chi connectivity index (χ3v) is 15.5. The van der Waals surface area contributed by atoms with E-state index in [1.165, 1.54) is 7.11 Å². The molecule has 7 N–H and O–H groups in total. The van der Waals surface area contributed by atoms with Crippen LogP contribution in [-0.4, -0.2) is 132 Å². The average Bonchev–Trinajstić information content (AvgIpc) is 3.88. The van der Waals surface area contributed by atoms with Gasteiger partial charge in [-0.2, -0.15) is 0 Å². The van der Waals surface area contributed by atoms with E-state index < -0.39 is 51.5 Å². The number of aliphatic hydroxyl groups excluding tert-OH is 1. The second-order valence-corrected chi connectivity index (χ2v) is 17.8. The number of aliphatic hydroxyl groups is 3. The normalized spacial score (nSPS) is 38.0. The molecule has 6 heterocycles. The number of piperidine rings is 1. The van der Waals surface area contributed by atoms with E-state index in [2.05, 4.69) is 38.3 Å². The minimum Gasteiger partial charge on any atom is -0.496 e. The third-order valence-electron chi connectivity index (χ3n) is 15.5. The summed E-state index contributed by atoms with van der Waals surface area (Å²) in [7, 11) is 4.92. The van der Waals surface area contributed by atoms with Gasteiger partial charge in [-0.3, -0.25) is 19.4 Å². The summed E-state index contributed by atoms with van der Waals surface area (Å²) in [6.45, 7) is 7.20. The smallest absolute Gasteiger partial charge is 0.322 e. The number of nitrogens with zero attached hydrogens (tertiary/aromatic N) is 3. The van der Waals surface area contributed by atoms with Crippen LogP contribution in [0.15, 0.2) is 48.6 Å². The van der Waals surface area contributed by atoms with Crippen molar-refractivity contribution in [3.63, 3.8) is 0 Å². The molecule has 2 saturated heterocycles. The molecule has 2 bridgehead atoms. The average molecular weight is 783 g/mol. The highest BCUT2D eigenvalue weighted by atomic mass is 16.5. The molecule has 10 atom stereocenters. The molecule has 306 valence electrons. The Hall–Kier alpha value is -3.98. The van der Waals surface area contributed by atoms with Crippen molar-refractivity contribution in [3.8, 4) is 5.75 Å². The van der Waals surface area contributed by atoms with Crippen LogP contribution in [0.1, 0.15) is 68.3 Å². The summed E-state index contributed by atoms with van der Waals surface area (Å²) in [5, 5.41) is 41.2. The first kappa shape index (κ1) is 38.5. The number of anilines is 1. The molecule has 4 unspecified atom stereocenters. The van der Waals surface area contributed by atoms with Crippen LogP contribution in [0.25, 0.3) is 10.9 Å². The van der Waals surface area contributed by atoms with Crippen LogP contribution in [0.5, 0.6) is 5.75 Å². The summed E-state index contributed by atoms with van der Waals surface area (Å²) in [4.78, 5) is 40.0. The van der Waals surface area contributed by atoms with Gasteiger partial charge in [-0.25, -0.2) is 0 Å². The number of methoxy groups -OCH3 is 2. The summed E-state index contributed by atoms with van der Waals surface area (Å²) in [6, 6.07) is 11.1. The van der Waals surface area contributed by atoms with Crippen molar-refractivity contribution in [3.05, 3.63) is 70.9 Å². The summed E-state index contributed by atoms with van der Waals surface area (Å²) in [5.41, 5.74) is 4.47. The molecular weight excluding hydrogens is 725 g/mol. The first-order valence-electron chi connectivity index (χ1n) is 20.7. The van der Waals surface area contributed by atoms with Gasteiger partial charge in [0.25, 0.3) is 5.91 Å². The number of aromatic amines is 1. The molecule has 13 nitrogen and oxygen atoms in total. The highest BCUT2D eigenvalue weighted by molar-refractivity contribution is 5.95. The second kappa shape index (κ2) is 13.3. The maximum absolute atomic E-state index is 15.3. The fraction of sp³-hybridized carbons (Fsp3) is 0.591. The van der Waals surface area contributed by atoms with Gasteiger partial charge in [0, 0.05) is 84.0 Å². The molecule has 2 aromatic carbocycles. The van der Waals surface area contributed by atoms with Crippen molar-refractivity contribution < 1.29 is 34.4 Å². The van der Waals surface area contributed by atoms with Crippen molar-refractivity contribution in [2.45, 2.75) is 92.6 Å². The van der Waals surface area contributed by atoms with E-state index in [1.54, 1.807) is 7.11 Å². The number of fused-ring (bicyclic) bond motifs is 6. The highest BCUT2D eigenvalue weighted by Gasteiger charge is 2.78. The zero-order valence-corrected chi connectivity index (χ0v) is 33.8. The fourth-order valence-corrected chi connectivity index (χ4v) is 13.3. The Morgan fingerprint density at radius 2 is 1.84 bits per heavy atom. The molecule has 1 aliphatic carbocycles. The van der Waals surface area contributed by atoms with Crippen LogP contribution >= 0.6 is 0 Å². The topological polar surface area (TPSA) is 177 Å². The van der Waals surface area contributed by atoms with Gasteiger partial charge in [0.1, 0.15) is 17.3 Å². The highest BCUT2D eigenvalue weighted by Crippen LogP contribution is 2.67. The molecule has 57 heavy (non-hydrogen) atoms. The van der Waals surface area contributed by atoms with Gasteiger partial charge in [0.05, 0.1) is 32.5 Å². The Bertz CT molecular complexity index is 2160. The number of carbonyl (C=O) groups is 2. The Morgan fingerprint density at radius 3 is 2.56 bits per heavy atom. The number of aromatic nitrogens is 1. The molecule has 3 fully saturated rings. The summed E-state index contributed by atoms with van der Waals surface area (Å²) < 4.78 is 12.3. The molecule has 1 aromatic heterocycles. The standard InChI is InChI=1S/C44H58N6O7/c1-6-40(54)21-26-22-43(39(53)57-5,34-28(13-17-49(23-26)24-40)27-11-8-9-12-31(27)47-34)30-19-29-32(20-33(30)56-4)48(3)36-42(29)15-18-50-16-10-14-41(7-2,35(42)50)37(51)44(36,55)38(52)46-25-45/h8-12,14,19-20,26,35-37,47,51,54-55H,6-7,13,15-18,21-25,45H2,1-5H3,(H,46,52)/t26?,35-,36?,37+,40-,41+,42?,43+,44-/m0/s1. The molecular formula is C44H58N6O7. The Balaban J connectivity index is 1.36. The molecule has 1 saturated carbocycles. The number of H-pyrrole nitrogens is 1. The van der Waals surface area contributed by atoms with Crippen molar-refractivity contribution in [1.82, 2.24) is 20.1 Å². The lowest BCUT2D eigenvalue weighted by Crippen LogP contribution is -2.81. The molecule has 1 spiro atoms. The van der Waals surface area contributed by atoms with Gasteiger partial charge in [0.15, 0.2) is 5.60 Å². The number of likely N-dealkylation sites (N-methyl/N-ethyl adjacent to an activating group) is 1. The molecule has 5 aliphatic heterocycles. The molecule has 0 radical (unpaired) electrons. The summed E-state index contributed by atoms with van der Waals surface area (Å²) >= 11 is 0. The van der Waals surface area contributed by atoms with E-state index >= 15 is 4.79 Å². The maximum Gasteiger partial charge on any atom is 0.322 e. The molecule has 3 aromatic rings. The lowest BCUT2D eigenvalue weighted by Gasteiger charge is -2.63. The lowest BCUT2D eigenvalue weighted by atomic mass is 9.47. The number of nitrogens with two attached hydrogens (primary N) is 1. The monoisotopic (exact) mass is 782 g/mol. The van der Waals surface area contributed by atoms with Crippen LogP contribution in [0.4, 0.5) is 5.69 Å². The van der Waals surface area contributed by atoms with E-state index in [4.69, 9.17) is 15.2 Å². The van der Waals surface area contributed by atoms with E-state index in [0.29, 0.717) is 69.5 Å². The van der Waals surface area contributed by atoms with E-state index in [-0.39, 0.29) is 18.6 Å². The quantitative estimate of drug-likeness (QED) is 0.118. The van der Waals surface area contributed by atoms with E-state index in [0.717, 1.165) is 46.5 Å². The van der Waals surface area contributed by atoms with Crippen molar-refractivity contribution >= 4 is 28.5 Å². The van der Waals surface area contributed by atoms with Crippen LogP contribution < -0.4 is 20.7 Å². The molecule has 6 aliphatic rings. The van der Waals surface area contributed by atoms with Crippen molar-refractivity contribution in [1.29, 1.82) is 0 Å². The number of ether oxygens (including phenoxy) is 2. The SMILES string of the molecule is CC[C@]1(O)CC2CN(CCc3c([nH]c4ccccc34)[C@](C(=O)OC)(c3cc4c(cc3OC)N(C)C3C45CCN4CC=C[C@](CC)([C@H]45)[C@@H](O)[C@]3(O)C(=O)NCN)C2)C1. The number of hydrogen-bond acceptors (Lipinski definition) is 11. The zero-order chi connectivity index (χ0) is 40.3. The summed E-state index contributed by atoms with van der Waals surface area (Å²) in [6.07, 6.45) is 5.82. The van der Waals surface area contributed by atoms with Crippen molar-refractivity contribution in [2.24, 2.45) is 17.1 Å². The predicted octanol–water partition coefficient (Wildman–Crippen LogP) is 2.28. The fourth-order valence-electron chi connectivity index (χ4n) is 13.3. The van der Waals surface area contributed by atoms with E-state index in [1.807, 2.05) is 56.1 Å². The number of para-hydroxylation sites is 1. The van der Waals surface area contributed by atoms with Gasteiger partial charge in [-0.15, -0.1) is 0 Å². The molecule has 13 heteroatoms. The van der Waals surface area contributed by atoms with E-state index in [9.17, 15) is 20.1 Å². The largest absolute Gasteiger partial charge is 0.496 e. The van der Waals surface area contributed by atoms with Crippen LogP contribution in [-0.2, 0) is 31.6 Å². The van der Waals surface area contributed by atoms with Crippen LogP contribution in [0, 0.1) is 11.3 Å². The van der Waals surface area contributed by atoms with Crippen LogP contribution in [0.3, 0.4) is 0 Å². The number of rotatable bonds is 7. The Morgan fingerprint density at radius 1 is 1.05 bits per heavy atom. The minimum absolute atomic E-state index is 0.0835. The molecule has 1 amide bonds. The van der Waals surface area contributed by atoms with Gasteiger partial charge in [0.2, 0.25) is 0 Å². The van der Waals surface area contributed by atoms with Gasteiger partial charge in [-0.1, -0.05) is 44.2 Å². The third kappa shape index (κ3) is 4.90. The maximum atomic E-state index is 15.3. The predicted molar refractivity (Wildman–Crippen MR) is 216 cm³/mol. The van der Waals surface area contributed by atoms with Gasteiger partial charge >= 0.3 is 5.97 Å². The number of benzene rings is 2. The lowest BCUT2D eigenvalue weighted by molar-refractivity contribution is -0.203. The molecule has 9 rings (SSSR count). The van der Waals surface area contributed by atoms with Crippen LogP contribution in [0.2, 0.25) is 0 Å². The number of nitrogens with one attached hydrogen (secondary N) is 2. The number of esters is 1.